The van der Waals surface area contributed by atoms with Crippen molar-refractivity contribution in [1.82, 2.24) is 0 Å². The Balaban J connectivity index is 1.83. The van der Waals surface area contributed by atoms with Crippen LogP contribution < -0.4 is 4.74 Å². The number of aliphatic carboxylic acids is 1. The van der Waals surface area contributed by atoms with Crippen LogP contribution in [0.2, 0.25) is 0 Å². The zero-order valence-electron chi connectivity index (χ0n) is 17.2. The molecule has 0 amide bonds. The third kappa shape index (κ3) is 7.60. The molecule has 2 aromatic carbocycles. The summed E-state index contributed by atoms with van der Waals surface area (Å²) in [6, 6.07) is 14.8. The van der Waals surface area contributed by atoms with Gasteiger partial charge in [-0.15, -0.1) is 0 Å². The number of hydrogen-bond acceptors (Lipinski definition) is 4. The van der Waals surface area contributed by atoms with Crippen LogP contribution in [0, 0.1) is 0 Å². The number of esters is 1. The van der Waals surface area contributed by atoms with Crippen molar-refractivity contribution in [3.05, 3.63) is 54.1 Å². The van der Waals surface area contributed by atoms with Crippen molar-refractivity contribution in [3.63, 3.8) is 0 Å². The van der Waals surface area contributed by atoms with Crippen molar-refractivity contribution in [1.29, 1.82) is 0 Å². The lowest BCUT2D eigenvalue weighted by atomic mass is 10.0. The number of ether oxygens (including phenoxy) is 2. The third-order valence-electron chi connectivity index (χ3n) is 4.71. The summed E-state index contributed by atoms with van der Waals surface area (Å²) >= 11 is 0. The van der Waals surface area contributed by atoms with Gasteiger partial charge in [-0.25, -0.2) is 9.59 Å². The number of carbonyl (C=O) groups excluding carboxylic acids is 1. The first kappa shape index (κ1) is 22.5. The molecule has 0 aliphatic rings. The molecule has 0 saturated heterocycles. The Morgan fingerprint density at radius 2 is 1.41 bits per heavy atom. The number of unbranched alkanes of at least 4 members (excludes halogenated alkanes) is 5. The minimum absolute atomic E-state index is 0.320. The Morgan fingerprint density at radius 1 is 0.862 bits per heavy atom. The Hall–Kier alpha value is -2.82. The van der Waals surface area contributed by atoms with Crippen LogP contribution in [0.25, 0.3) is 11.1 Å². The normalized spacial score (nSPS) is 11.7. The summed E-state index contributed by atoms with van der Waals surface area (Å²) in [5.41, 5.74) is 2.28. The van der Waals surface area contributed by atoms with E-state index < -0.39 is 18.0 Å². The van der Waals surface area contributed by atoms with Crippen molar-refractivity contribution >= 4 is 11.9 Å². The largest absolute Gasteiger partial charge is 0.494 e. The maximum atomic E-state index is 11.9. The van der Waals surface area contributed by atoms with Crippen LogP contribution in [0.15, 0.2) is 48.5 Å². The molecule has 0 radical (unpaired) electrons. The SMILES string of the molecule is CCCCCCCCOc1ccc(-c2ccc(C(=O)OC(C)C(=O)O)cc2)cc1. The van der Waals surface area contributed by atoms with E-state index in [-0.39, 0.29) is 0 Å². The summed E-state index contributed by atoms with van der Waals surface area (Å²) in [4.78, 5) is 22.7. The van der Waals surface area contributed by atoms with Gasteiger partial charge in [-0.2, -0.15) is 0 Å². The van der Waals surface area contributed by atoms with Crippen molar-refractivity contribution < 1.29 is 24.2 Å². The van der Waals surface area contributed by atoms with Gasteiger partial charge in [0.2, 0.25) is 0 Å². The van der Waals surface area contributed by atoms with E-state index in [0.717, 1.165) is 29.9 Å². The number of carboxylic acids is 1. The second-order valence-electron chi connectivity index (χ2n) is 7.10. The predicted molar refractivity (Wildman–Crippen MR) is 113 cm³/mol. The molecule has 5 nitrogen and oxygen atoms in total. The molecule has 0 aliphatic heterocycles. The molecule has 2 rings (SSSR count). The molecule has 0 aliphatic carbocycles. The molecule has 1 unspecified atom stereocenters. The van der Waals surface area contributed by atoms with Gasteiger partial charge in [0, 0.05) is 0 Å². The minimum atomic E-state index is -1.17. The molecule has 1 N–H and O–H groups in total. The van der Waals surface area contributed by atoms with Crippen LogP contribution in [0.5, 0.6) is 5.75 Å². The van der Waals surface area contributed by atoms with Gasteiger partial charge in [0.1, 0.15) is 5.75 Å². The fourth-order valence-electron chi connectivity index (χ4n) is 2.89. The first-order chi connectivity index (χ1) is 14.0. The van der Waals surface area contributed by atoms with E-state index in [0.29, 0.717) is 5.56 Å². The maximum absolute atomic E-state index is 11.9. The summed E-state index contributed by atoms with van der Waals surface area (Å²) in [7, 11) is 0. The molecule has 29 heavy (non-hydrogen) atoms. The van der Waals surface area contributed by atoms with E-state index in [4.69, 9.17) is 14.6 Å². The monoisotopic (exact) mass is 398 g/mol. The minimum Gasteiger partial charge on any atom is -0.494 e. The van der Waals surface area contributed by atoms with Crippen LogP contribution >= 0.6 is 0 Å². The summed E-state index contributed by atoms with van der Waals surface area (Å²) in [5, 5.41) is 8.82. The lowest BCUT2D eigenvalue weighted by Gasteiger charge is -2.10. The lowest BCUT2D eigenvalue weighted by Crippen LogP contribution is -2.23. The summed E-state index contributed by atoms with van der Waals surface area (Å²) in [6.45, 7) is 4.28. The standard InChI is InChI=1S/C24H30O5/c1-3-4-5-6-7-8-17-28-22-15-13-20(14-16-22)19-9-11-21(12-10-19)24(27)29-18(2)23(25)26/h9-16,18H,3-8,17H2,1-2H3,(H,25,26). The zero-order chi connectivity index (χ0) is 21.1. The van der Waals surface area contributed by atoms with Gasteiger partial charge in [-0.3, -0.25) is 0 Å². The summed E-state index contributed by atoms with van der Waals surface area (Å²) in [5.74, 6) is -0.969. The quantitative estimate of drug-likeness (QED) is 0.365. The Morgan fingerprint density at radius 3 is 2.00 bits per heavy atom. The molecule has 0 bridgehead atoms. The summed E-state index contributed by atoms with van der Waals surface area (Å²) < 4.78 is 10.7. The smallest absolute Gasteiger partial charge is 0.344 e. The van der Waals surface area contributed by atoms with Crippen LogP contribution in [-0.4, -0.2) is 29.8 Å². The average Bonchev–Trinajstić information content (AvgIpc) is 2.73. The van der Waals surface area contributed by atoms with Gasteiger partial charge >= 0.3 is 11.9 Å². The molecule has 2 aromatic rings. The highest BCUT2D eigenvalue weighted by molar-refractivity contribution is 5.91. The van der Waals surface area contributed by atoms with E-state index in [2.05, 4.69) is 6.92 Å². The van der Waals surface area contributed by atoms with E-state index in [1.807, 2.05) is 36.4 Å². The fraction of sp³-hybridized carbons (Fsp3) is 0.417. The van der Waals surface area contributed by atoms with Crippen molar-refractivity contribution in [2.45, 2.75) is 58.5 Å². The van der Waals surface area contributed by atoms with E-state index >= 15 is 0 Å². The number of carbonyl (C=O) groups is 2. The Labute approximate surface area is 172 Å². The molecule has 0 aromatic heterocycles. The molecule has 0 spiro atoms. The van der Waals surface area contributed by atoms with Crippen molar-refractivity contribution in [3.8, 4) is 16.9 Å². The summed E-state index contributed by atoms with van der Waals surface area (Å²) in [6.07, 6.45) is 6.26. The van der Waals surface area contributed by atoms with Gasteiger partial charge in [0.15, 0.2) is 6.10 Å². The third-order valence-corrected chi connectivity index (χ3v) is 4.71. The molecule has 1 atom stereocenters. The number of carboxylic acid groups (broad SMARTS) is 1. The maximum Gasteiger partial charge on any atom is 0.344 e. The Kier molecular flexibility index (Phi) is 9.22. The molecular weight excluding hydrogens is 368 g/mol. The van der Waals surface area contributed by atoms with E-state index in [1.165, 1.54) is 39.0 Å². The fourth-order valence-corrected chi connectivity index (χ4v) is 2.89. The highest BCUT2D eigenvalue weighted by atomic mass is 16.6. The van der Waals surface area contributed by atoms with Crippen LogP contribution in [0.4, 0.5) is 0 Å². The van der Waals surface area contributed by atoms with Crippen molar-refractivity contribution in [2.24, 2.45) is 0 Å². The number of benzene rings is 2. The van der Waals surface area contributed by atoms with Gasteiger partial charge in [-0.1, -0.05) is 63.3 Å². The molecule has 0 saturated carbocycles. The molecule has 156 valence electrons. The number of rotatable bonds is 12. The molecular formula is C24H30O5. The van der Waals surface area contributed by atoms with Gasteiger partial charge < -0.3 is 14.6 Å². The number of hydrogen-bond donors (Lipinski definition) is 1. The lowest BCUT2D eigenvalue weighted by molar-refractivity contribution is -0.146. The second-order valence-corrected chi connectivity index (χ2v) is 7.10. The highest BCUT2D eigenvalue weighted by Crippen LogP contribution is 2.23. The first-order valence-electron chi connectivity index (χ1n) is 10.3. The second kappa shape index (κ2) is 11.9. The van der Waals surface area contributed by atoms with Crippen LogP contribution in [-0.2, 0) is 9.53 Å². The predicted octanol–water partition coefficient (Wildman–Crippen LogP) is 5.72. The molecule has 0 fully saturated rings. The first-order valence-corrected chi connectivity index (χ1v) is 10.3. The van der Waals surface area contributed by atoms with Crippen molar-refractivity contribution in [2.75, 3.05) is 6.61 Å². The zero-order valence-corrected chi connectivity index (χ0v) is 17.2. The van der Waals surface area contributed by atoms with E-state index in [1.54, 1.807) is 12.1 Å². The average molecular weight is 398 g/mol. The van der Waals surface area contributed by atoms with Gasteiger partial charge in [0.25, 0.3) is 0 Å². The van der Waals surface area contributed by atoms with E-state index in [9.17, 15) is 9.59 Å². The highest BCUT2D eigenvalue weighted by Gasteiger charge is 2.17. The van der Waals surface area contributed by atoms with Gasteiger partial charge in [-0.05, 0) is 48.7 Å². The van der Waals surface area contributed by atoms with Gasteiger partial charge in [0.05, 0.1) is 12.2 Å². The molecule has 0 heterocycles. The molecule has 5 heteroatoms. The Bertz CT molecular complexity index is 765. The topological polar surface area (TPSA) is 72.8 Å². The van der Waals surface area contributed by atoms with Crippen LogP contribution in [0.1, 0.15) is 62.7 Å². The van der Waals surface area contributed by atoms with Crippen LogP contribution in [0.3, 0.4) is 0 Å².